The van der Waals surface area contributed by atoms with E-state index in [1.54, 1.807) is 13.8 Å². The first kappa shape index (κ1) is 22.6. The highest BCUT2D eigenvalue weighted by Gasteiger charge is 2.38. The number of rotatable bonds is 10. The van der Waals surface area contributed by atoms with Crippen LogP contribution in [0.2, 0.25) is 0 Å². The third kappa shape index (κ3) is 5.76. The molecule has 1 rings (SSSR count). The number of Topliss-reactive ketones (excluding diaryl/α,β-unsaturated/α-hetero) is 2. The van der Waals surface area contributed by atoms with Crippen LogP contribution in [0.25, 0.3) is 0 Å². The van der Waals surface area contributed by atoms with Gasteiger partial charge in [-0.3, -0.25) is 9.59 Å². The van der Waals surface area contributed by atoms with Crippen LogP contribution in [0, 0.1) is 16.0 Å². The number of nitrogens with one attached hydrogen (secondary N) is 2. The number of nitrogens with zero attached hydrogens (tertiary/aromatic N) is 3. The van der Waals surface area contributed by atoms with E-state index in [4.69, 9.17) is 0 Å². The minimum Gasteiger partial charge on any atom is -0.390 e. The van der Waals surface area contributed by atoms with E-state index in [-0.39, 0.29) is 11.7 Å². The Morgan fingerprint density at radius 1 is 1.19 bits per heavy atom. The molecule has 0 amide bonds. The molecule has 0 fully saturated rings. The Bertz CT molecular complexity index is 738. The number of hydrogen-bond acceptors (Lipinski definition) is 8. The maximum Gasteiger partial charge on any atom is 0.442 e. The highest BCUT2D eigenvalue weighted by atomic mass is 16.6. The van der Waals surface area contributed by atoms with Crippen LogP contribution in [0.3, 0.4) is 0 Å². The molecule has 0 aliphatic rings. The van der Waals surface area contributed by atoms with E-state index in [9.17, 15) is 24.5 Å². The van der Waals surface area contributed by atoms with Crippen molar-refractivity contribution in [3.63, 3.8) is 0 Å². The summed E-state index contributed by atoms with van der Waals surface area (Å²) in [5.41, 5.74) is -1.87. The maximum absolute atomic E-state index is 12.5. The largest absolute Gasteiger partial charge is 0.442 e. The monoisotopic (exact) mass is 381 g/mol. The van der Waals surface area contributed by atoms with Crippen molar-refractivity contribution in [3.8, 4) is 0 Å². The lowest BCUT2D eigenvalue weighted by molar-refractivity contribution is -0.395. The van der Waals surface area contributed by atoms with Gasteiger partial charge in [-0.2, -0.15) is 4.57 Å². The normalized spacial score (nSPS) is 13.3. The molecule has 0 saturated carbocycles. The fraction of sp³-hybridized carbons (Fsp3) is 0.647. The van der Waals surface area contributed by atoms with Crippen molar-refractivity contribution in [2.75, 3.05) is 13.1 Å². The molecule has 1 heterocycles. The zero-order valence-electron chi connectivity index (χ0n) is 16.5. The van der Waals surface area contributed by atoms with Gasteiger partial charge in [-0.1, -0.05) is 11.9 Å². The van der Waals surface area contributed by atoms with Crippen molar-refractivity contribution in [1.82, 2.24) is 20.2 Å². The van der Waals surface area contributed by atoms with Gasteiger partial charge in [-0.25, -0.2) is 4.79 Å². The summed E-state index contributed by atoms with van der Waals surface area (Å²) in [6.45, 7) is 11.0. The third-order valence-corrected chi connectivity index (χ3v) is 4.43. The summed E-state index contributed by atoms with van der Waals surface area (Å²) in [7, 11) is 0. The lowest BCUT2D eigenvalue weighted by Crippen LogP contribution is -2.53. The molecule has 10 nitrogen and oxygen atoms in total. The van der Waals surface area contributed by atoms with E-state index < -0.39 is 33.6 Å². The molecule has 0 saturated heterocycles. The first-order valence-corrected chi connectivity index (χ1v) is 8.57. The number of imidazole rings is 1. The average Bonchev–Trinajstić information content (AvgIpc) is 3.06. The van der Waals surface area contributed by atoms with Crippen molar-refractivity contribution >= 4 is 23.4 Å². The van der Waals surface area contributed by atoms with Crippen LogP contribution in [0.1, 0.15) is 46.3 Å². The van der Waals surface area contributed by atoms with Crippen molar-refractivity contribution < 1.29 is 19.3 Å². The van der Waals surface area contributed by atoms with Gasteiger partial charge in [0.05, 0.1) is 11.1 Å². The van der Waals surface area contributed by atoms with Crippen molar-refractivity contribution in [3.05, 3.63) is 22.5 Å². The van der Waals surface area contributed by atoms with Gasteiger partial charge >= 0.3 is 11.9 Å². The second-order valence-electron chi connectivity index (χ2n) is 7.66. The smallest absolute Gasteiger partial charge is 0.390 e. The maximum atomic E-state index is 12.5. The Morgan fingerprint density at radius 3 is 2.19 bits per heavy atom. The number of carbonyl (C=O) groups is 3. The highest BCUT2D eigenvalue weighted by molar-refractivity contribution is 6.40. The number of nitro groups is 1. The van der Waals surface area contributed by atoms with E-state index >= 15 is 0 Å². The third-order valence-electron chi connectivity index (χ3n) is 4.43. The first-order chi connectivity index (χ1) is 12.3. The predicted octanol–water partition coefficient (Wildman–Crippen LogP) is 0.962. The zero-order valence-corrected chi connectivity index (χ0v) is 16.5. The van der Waals surface area contributed by atoms with Crippen LogP contribution < -0.4 is 10.6 Å². The molecule has 1 aromatic rings. The molecule has 2 N–H and O–H groups in total. The number of hydrogen-bond donors (Lipinski definition) is 2. The molecule has 10 heteroatoms. The van der Waals surface area contributed by atoms with Gasteiger partial charge in [0.15, 0.2) is 0 Å². The second kappa shape index (κ2) is 8.49. The van der Waals surface area contributed by atoms with Crippen LogP contribution in [-0.2, 0) is 9.59 Å². The Labute approximate surface area is 157 Å². The van der Waals surface area contributed by atoms with Gasteiger partial charge in [0.1, 0.15) is 18.2 Å². The molecule has 0 aliphatic carbocycles. The van der Waals surface area contributed by atoms with E-state index in [0.717, 1.165) is 12.4 Å². The lowest BCUT2D eigenvalue weighted by atomic mass is 9.96. The van der Waals surface area contributed by atoms with E-state index in [2.05, 4.69) is 15.6 Å². The summed E-state index contributed by atoms with van der Waals surface area (Å²) in [5.74, 6) is -2.46. The summed E-state index contributed by atoms with van der Waals surface area (Å²) in [4.78, 5) is 49.9. The Morgan fingerprint density at radius 2 is 1.70 bits per heavy atom. The summed E-state index contributed by atoms with van der Waals surface area (Å²) >= 11 is 0. The molecule has 1 aromatic heterocycles. The summed E-state index contributed by atoms with van der Waals surface area (Å²) < 4.78 is 0.631. The van der Waals surface area contributed by atoms with Gasteiger partial charge in [-0.05, 0) is 58.5 Å². The van der Waals surface area contributed by atoms with E-state index in [1.165, 1.54) is 20.8 Å². The average molecular weight is 381 g/mol. The summed E-state index contributed by atoms with van der Waals surface area (Å²) in [6.07, 6.45) is 2.18. The molecule has 1 atom stereocenters. The minimum atomic E-state index is -1.22. The molecule has 27 heavy (non-hydrogen) atoms. The molecule has 0 aliphatic heterocycles. The zero-order chi connectivity index (χ0) is 21.0. The van der Waals surface area contributed by atoms with E-state index in [1.807, 2.05) is 6.92 Å². The van der Waals surface area contributed by atoms with Crippen molar-refractivity contribution in [1.29, 1.82) is 0 Å². The van der Waals surface area contributed by atoms with Gasteiger partial charge in [0.2, 0.25) is 0 Å². The Hall–Kier alpha value is -2.46. The number of aromatic nitrogens is 2. The van der Waals surface area contributed by atoms with E-state index in [0.29, 0.717) is 17.7 Å². The van der Waals surface area contributed by atoms with Gasteiger partial charge < -0.3 is 20.7 Å². The fourth-order valence-electron chi connectivity index (χ4n) is 2.10. The van der Waals surface area contributed by atoms with Crippen LogP contribution in [-0.4, -0.2) is 56.1 Å². The van der Waals surface area contributed by atoms with Crippen LogP contribution >= 0.6 is 0 Å². The minimum absolute atomic E-state index is 0.0192. The Kier molecular flexibility index (Phi) is 7.10. The van der Waals surface area contributed by atoms with Crippen LogP contribution in [0.4, 0.5) is 5.95 Å². The molecule has 0 bridgehead atoms. The van der Waals surface area contributed by atoms with Gasteiger partial charge in [0.25, 0.3) is 5.78 Å². The molecule has 0 radical (unpaired) electrons. The highest BCUT2D eigenvalue weighted by Crippen LogP contribution is 2.13. The quantitative estimate of drug-likeness (QED) is 0.347. The summed E-state index contributed by atoms with van der Waals surface area (Å²) in [5, 5.41) is 17.1. The second-order valence-corrected chi connectivity index (χ2v) is 7.66. The predicted molar refractivity (Wildman–Crippen MR) is 98.5 cm³/mol. The first-order valence-electron chi connectivity index (χ1n) is 8.57. The summed E-state index contributed by atoms with van der Waals surface area (Å²) in [6, 6.07) is 0. The lowest BCUT2D eigenvalue weighted by Gasteiger charge is -2.28. The van der Waals surface area contributed by atoms with Crippen molar-refractivity contribution in [2.24, 2.45) is 5.92 Å². The molecular formula is C17H27N5O5. The topological polar surface area (TPSA) is 136 Å². The van der Waals surface area contributed by atoms with Gasteiger partial charge in [-0.15, -0.1) is 0 Å². The number of carbonyl (C=O) groups excluding carboxylic acids is 3. The standard InChI is InChI=1S/C17H27N5O5/c1-11(9-19-16(3,4)12(2)23)10-20-17(5,6)13(24)14(25)21-8-7-18-15(21)22(26)27/h7-8,11,19-20H,9-10H2,1-6H3. The molecule has 0 aromatic carbocycles. The van der Waals surface area contributed by atoms with Gasteiger partial charge in [0, 0.05) is 0 Å². The van der Waals surface area contributed by atoms with Crippen LogP contribution in [0.15, 0.2) is 12.4 Å². The SMILES string of the molecule is CC(=O)C(C)(C)NCC(C)CNC(C)(C)C(=O)C(=O)n1ccnc1[N+](=O)[O-]. The Balaban J connectivity index is 2.70. The fourth-order valence-corrected chi connectivity index (χ4v) is 2.10. The van der Waals surface area contributed by atoms with Crippen LogP contribution in [0.5, 0.6) is 0 Å². The number of ketones is 2. The van der Waals surface area contributed by atoms with Crippen molar-refractivity contribution in [2.45, 2.75) is 52.6 Å². The molecular weight excluding hydrogens is 354 g/mol. The molecule has 1 unspecified atom stereocenters. The molecule has 0 spiro atoms. The molecule has 150 valence electrons.